The number of hydrogen-bond donors (Lipinski definition) is 0. The lowest BCUT2D eigenvalue weighted by molar-refractivity contribution is 0.765. The molecule has 1 aliphatic heterocycles. The Balaban J connectivity index is 1.50. The molecule has 0 fully saturated rings. The normalized spacial score (nSPS) is 18.3. The molecule has 2 aliphatic rings. The van der Waals surface area contributed by atoms with Crippen molar-refractivity contribution in [1.29, 1.82) is 0 Å². The van der Waals surface area contributed by atoms with Crippen LogP contribution in [0.1, 0.15) is 53.4 Å². The van der Waals surface area contributed by atoms with E-state index in [1.54, 1.807) is 0 Å². The van der Waals surface area contributed by atoms with Gasteiger partial charge >= 0.3 is 0 Å². The molecule has 4 heteroatoms. The van der Waals surface area contributed by atoms with Gasteiger partial charge in [-0.3, -0.25) is 0 Å². The highest BCUT2D eigenvalue weighted by Crippen LogP contribution is 2.59. The van der Waals surface area contributed by atoms with Crippen LogP contribution in [0.25, 0.3) is 28.9 Å². The minimum absolute atomic E-state index is 0.223. The summed E-state index contributed by atoms with van der Waals surface area (Å²) in [6.45, 7) is 4.27. The molecule has 0 bridgehead atoms. The molecular weight excluding hydrogens is 410 g/mol. The van der Waals surface area contributed by atoms with Crippen molar-refractivity contribution in [2.24, 2.45) is 0 Å². The lowest BCUT2D eigenvalue weighted by Gasteiger charge is -2.23. The van der Waals surface area contributed by atoms with Gasteiger partial charge in [-0.25, -0.2) is 15.0 Å². The third-order valence-electron chi connectivity index (χ3n) is 6.20. The molecule has 2 heterocycles. The maximum absolute atomic E-state index is 4.94. The van der Waals surface area contributed by atoms with Crippen molar-refractivity contribution in [3.63, 3.8) is 0 Å². The number of fused-ring (bicyclic) bond motifs is 5. The fourth-order valence-electron chi connectivity index (χ4n) is 4.57. The standard InChI is InChI=1S/C28H23N3S/c1-17(2)26-29-27(19-10-4-3-5-11-19)31-28(30-26)23-14-8-13-21-22-16-15-18-9-6-7-12-20(18)24(22)32-25(21)23/h3-17,22,24H,1-2H3. The van der Waals surface area contributed by atoms with Crippen molar-refractivity contribution in [3.05, 3.63) is 101 Å². The summed E-state index contributed by atoms with van der Waals surface area (Å²) in [7, 11) is 0. The number of thioether (sulfide) groups is 1. The van der Waals surface area contributed by atoms with E-state index < -0.39 is 0 Å². The molecule has 0 N–H and O–H groups in total. The number of benzene rings is 3. The number of rotatable bonds is 3. The lowest BCUT2D eigenvalue weighted by atomic mass is 9.84. The Morgan fingerprint density at radius 3 is 2.34 bits per heavy atom. The Bertz CT molecular complexity index is 1340. The molecule has 156 valence electrons. The van der Waals surface area contributed by atoms with Gasteiger partial charge in [-0.2, -0.15) is 0 Å². The Hall–Kier alpha value is -3.24. The SMILES string of the molecule is CC(C)c1nc(-c2ccccc2)nc(-c2cccc3c2SC2c4ccccc4C=CC32)n1. The molecule has 4 aromatic rings. The largest absolute Gasteiger partial charge is 0.213 e. The first kappa shape index (κ1) is 19.4. The molecule has 1 aromatic heterocycles. The number of nitrogens with zero attached hydrogens (tertiary/aromatic N) is 3. The molecule has 0 saturated heterocycles. The molecule has 0 spiro atoms. The summed E-state index contributed by atoms with van der Waals surface area (Å²) in [5, 5.41) is 0.396. The van der Waals surface area contributed by atoms with Gasteiger partial charge in [-0.05, 0) is 16.7 Å². The van der Waals surface area contributed by atoms with Gasteiger partial charge in [-0.15, -0.1) is 11.8 Å². The number of aromatic nitrogens is 3. The van der Waals surface area contributed by atoms with Crippen molar-refractivity contribution in [1.82, 2.24) is 15.0 Å². The summed E-state index contributed by atoms with van der Waals surface area (Å²) in [5.41, 5.74) is 6.23. The Labute approximate surface area is 192 Å². The maximum atomic E-state index is 4.94. The van der Waals surface area contributed by atoms with Crippen LogP contribution in [0.4, 0.5) is 0 Å². The molecule has 0 radical (unpaired) electrons. The second-order valence-corrected chi connectivity index (χ2v) is 9.79. The topological polar surface area (TPSA) is 38.7 Å². The molecule has 0 saturated carbocycles. The molecular formula is C28H23N3S. The highest BCUT2D eigenvalue weighted by Gasteiger charge is 2.37. The Kier molecular flexibility index (Phi) is 4.69. The van der Waals surface area contributed by atoms with E-state index in [1.807, 2.05) is 30.0 Å². The van der Waals surface area contributed by atoms with Crippen LogP contribution < -0.4 is 0 Å². The summed E-state index contributed by atoms with van der Waals surface area (Å²) in [5.74, 6) is 2.94. The predicted molar refractivity (Wildman–Crippen MR) is 132 cm³/mol. The monoisotopic (exact) mass is 433 g/mol. The van der Waals surface area contributed by atoms with Crippen LogP contribution in [0.3, 0.4) is 0 Å². The van der Waals surface area contributed by atoms with Crippen LogP contribution in [0.15, 0.2) is 83.8 Å². The number of hydrogen-bond acceptors (Lipinski definition) is 4. The quantitative estimate of drug-likeness (QED) is 0.340. The first-order chi connectivity index (χ1) is 15.7. The summed E-state index contributed by atoms with van der Waals surface area (Å²) in [6.07, 6.45) is 4.63. The average Bonchev–Trinajstić information content (AvgIpc) is 3.23. The minimum atomic E-state index is 0.223. The predicted octanol–water partition coefficient (Wildman–Crippen LogP) is 7.29. The van der Waals surface area contributed by atoms with Gasteiger partial charge in [0, 0.05) is 33.1 Å². The maximum Gasteiger partial charge on any atom is 0.164 e. The zero-order valence-corrected chi connectivity index (χ0v) is 18.9. The zero-order valence-electron chi connectivity index (χ0n) is 18.1. The molecule has 32 heavy (non-hydrogen) atoms. The first-order valence-corrected chi connectivity index (χ1v) is 12.0. The van der Waals surface area contributed by atoms with Crippen LogP contribution in [0.5, 0.6) is 0 Å². The van der Waals surface area contributed by atoms with Crippen LogP contribution in [-0.2, 0) is 0 Å². The van der Waals surface area contributed by atoms with E-state index in [-0.39, 0.29) is 5.92 Å². The van der Waals surface area contributed by atoms with Gasteiger partial charge in [0.25, 0.3) is 0 Å². The summed E-state index contributed by atoms with van der Waals surface area (Å²) in [4.78, 5) is 15.9. The highest BCUT2D eigenvalue weighted by atomic mass is 32.2. The fourth-order valence-corrected chi connectivity index (χ4v) is 6.17. The second-order valence-electron chi connectivity index (χ2n) is 8.64. The first-order valence-electron chi connectivity index (χ1n) is 11.1. The van der Waals surface area contributed by atoms with E-state index in [1.165, 1.54) is 21.6 Å². The average molecular weight is 434 g/mol. The summed E-state index contributed by atoms with van der Waals surface area (Å²) < 4.78 is 0. The van der Waals surface area contributed by atoms with E-state index in [9.17, 15) is 0 Å². The Morgan fingerprint density at radius 2 is 1.50 bits per heavy atom. The van der Waals surface area contributed by atoms with Gasteiger partial charge in [0.2, 0.25) is 0 Å². The van der Waals surface area contributed by atoms with Crippen LogP contribution >= 0.6 is 11.8 Å². The van der Waals surface area contributed by atoms with Crippen LogP contribution in [-0.4, -0.2) is 15.0 Å². The molecule has 3 nitrogen and oxygen atoms in total. The van der Waals surface area contributed by atoms with E-state index in [4.69, 9.17) is 15.0 Å². The van der Waals surface area contributed by atoms with Gasteiger partial charge in [0.15, 0.2) is 11.6 Å². The Morgan fingerprint density at radius 1 is 0.750 bits per heavy atom. The van der Waals surface area contributed by atoms with Crippen molar-refractivity contribution < 1.29 is 0 Å². The molecule has 1 aliphatic carbocycles. The van der Waals surface area contributed by atoms with E-state index >= 15 is 0 Å². The van der Waals surface area contributed by atoms with Crippen molar-refractivity contribution in [2.45, 2.75) is 35.8 Å². The molecule has 6 rings (SSSR count). The second kappa shape index (κ2) is 7.72. The molecule has 3 aromatic carbocycles. The van der Waals surface area contributed by atoms with Gasteiger partial charge in [0.1, 0.15) is 5.82 Å². The highest BCUT2D eigenvalue weighted by molar-refractivity contribution is 8.00. The van der Waals surface area contributed by atoms with E-state index in [0.717, 1.165) is 28.6 Å². The van der Waals surface area contributed by atoms with Crippen molar-refractivity contribution in [3.8, 4) is 22.8 Å². The third kappa shape index (κ3) is 3.18. The lowest BCUT2D eigenvalue weighted by Crippen LogP contribution is -2.06. The van der Waals surface area contributed by atoms with Gasteiger partial charge in [0.05, 0.1) is 0 Å². The third-order valence-corrected chi connectivity index (χ3v) is 7.70. The minimum Gasteiger partial charge on any atom is -0.213 e. The zero-order chi connectivity index (χ0) is 21.7. The van der Waals surface area contributed by atoms with Crippen LogP contribution in [0.2, 0.25) is 0 Å². The number of allylic oxidation sites excluding steroid dienone is 1. The van der Waals surface area contributed by atoms with E-state index in [2.05, 4.69) is 80.6 Å². The van der Waals surface area contributed by atoms with Crippen LogP contribution in [0, 0.1) is 0 Å². The fraction of sp³-hybridized carbons (Fsp3) is 0.179. The van der Waals surface area contributed by atoms with Gasteiger partial charge in [-0.1, -0.05) is 98.8 Å². The molecule has 2 unspecified atom stereocenters. The van der Waals surface area contributed by atoms with Crippen molar-refractivity contribution >= 4 is 17.8 Å². The smallest absolute Gasteiger partial charge is 0.164 e. The molecule has 2 atom stereocenters. The molecule has 0 amide bonds. The van der Waals surface area contributed by atoms with Crippen molar-refractivity contribution in [2.75, 3.05) is 0 Å². The summed E-state index contributed by atoms with van der Waals surface area (Å²) in [6, 6.07) is 25.5. The van der Waals surface area contributed by atoms with Gasteiger partial charge < -0.3 is 0 Å². The summed E-state index contributed by atoms with van der Waals surface area (Å²) >= 11 is 1.95. The van der Waals surface area contributed by atoms with E-state index in [0.29, 0.717) is 11.2 Å².